The summed E-state index contributed by atoms with van der Waals surface area (Å²) in [5, 5.41) is 9.57. The summed E-state index contributed by atoms with van der Waals surface area (Å²) in [6, 6.07) is 0. The Morgan fingerprint density at radius 1 is 1.44 bits per heavy atom. The van der Waals surface area contributed by atoms with Crippen LogP contribution in [-0.4, -0.2) is 21.3 Å². The summed E-state index contributed by atoms with van der Waals surface area (Å²) >= 11 is 0. The van der Waals surface area contributed by atoms with Crippen LogP contribution in [0.2, 0.25) is 0 Å². The fraction of sp³-hybridized carbons (Fsp3) is 0.556. The monoisotopic (exact) mass is 233 g/mol. The lowest BCUT2D eigenvalue weighted by Crippen LogP contribution is -2.31. The number of nitrogens with two attached hydrogens (primary N) is 1. The summed E-state index contributed by atoms with van der Waals surface area (Å²) in [5.41, 5.74) is 5.83. The minimum Gasteiger partial charge on any atom is -0.388 e. The molecule has 0 radical (unpaired) electrons. The van der Waals surface area contributed by atoms with Gasteiger partial charge in [-0.05, 0) is 6.42 Å². The van der Waals surface area contributed by atoms with Crippen LogP contribution in [0.4, 0.5) is 19.1 Å². The lowest BCUT2D eigenvalue weighted by molar-refractivity contribution is -0.184. The number of aliphatic hydroxyl groups is 1. The molecule has 4 nitrogen and oxygen atoms in total. The number of nitrogens with zero attached hydrogens (tertiary/aromatic N) is 2. The third-order valence-corrected chi connectivity index (χ3v) is 2.69. The molecule has 1 aliphatic rings. The van der Waals surface area contributed by atoms with Crippen LogP contribution in [0.15, 0.2) is 6.20 Å². The number of hydrogen-bond acceptors (Lipinski definition) is 4. The molecule has 0 spiro atoms. The largest absolute Gasteiger partial charge is 0.392 e. The molecule has 1 aromatic heterocycles. The van der Waals surface area contributed by atoms with E-state index in [0.29, 0.717) is 5.56 Å². The smallest absolute Gasteiger partial charge is 0.388 e. The first-order valence-electron chi connectivity index (χ1n) is 4.74. The molecule has 88 valence electrons. The van der Waals surface area contributed by atoms with Crippen LogP contribution in [0.1, 0.15) is 23.8 Å². The van der Waals surface area contributed by atoms with Gasteiger partial charge in [0.25, 0.3) is 0 Å². The first-order chi connectivity index (χ1) is 7.38. The predicted molar refractivity (Wildman–Crippen MR) is 49.3 cm³/mol. The Bertz CT molecular complexity index is 407. The van der Waals surface area contributed by atoms with Gasteiger partial charge in [-0.15, -0.1) is 0 Å². The zero-order valence-electron chi connectivity index (χ0n) is 8.20. The number of aliphatic hydroxyl groups excluding tert-OH is 1. The van der Waals surface area contributed by atoms with Crippen molar-refractivity contribution < 1.29 is 18.3 Å². The predicted octanol–water partition coefficient (Wildman–Crippen LogP) is 1.22. The third-order valence-electron chi connectivity index (χ3n) is 2.69. The molecule has 2 rings (SSSR count). The molecular weight excluding hydrogens is 223 g/mol. The average molecular weight is 233 g/mol. The highest BCUT2D eigenvalue weighted by atomic mass is 19.4. The van der Waals surface area contributed by atoms with Gasteiger partial charge in [-0.2, -0.15) is 13.2 Å². The highest BCUT2D eigenvalue weighted by molar-refractivity contribution is 5.29. The molecule has 0 saturated heterocycles. The Morgan fingerprint density at radius 3 is 2.75 bits per heavy atom. The summed E-state index contributed by atoms with van der Waals surface area (Å²) in [5.74, 6) is -1.64. The van der Waals surface area contributed by atoms with Gasteiger partial charge in [0.1, 0.15) is 0 Å². The SMILES string of the molecule is Nc1ncc2c(n1)C[C@H](C(F)(F)F)C[C@H]2O. The number of nitrogen functional groups attached to an aromatic ring is 1. The molecule has 1 aliphatic carbocycles. The van der Waals surface area contributed by atoms with E-state index in [4.69, 9.17) is 5.73 Å². The zero-order chi connectivity index (χ0) is 11.9. The van der Waals surface area contributed by atoms with Crippen LogP contribution in [0.5, 0.6) is 0 Å². The van der Waals surface area contributed by atoms with E-state index in [0.717, 1.165) is 0 Å². The van der Waals surface area contributed by atoms with E-state index in [1.165, 1.54) is 6.20 Å². The number of alkyl halides is 3. The molecule has 2 atom stereocenters. The third kappa shape index (κ3) is 1.95. The Kier molecular flexibility index (Phi) is 2.49. The van der Waals surface area contributed by atoms with Crippen LogP contribution < -0.4 is 5.73 Å². The Labute approximate surface area is 89.3 Å². The molecule has 0 aliphatic heterocycles. The number of hydrogen-bond donors (Lipinski definition) is 2. The number of aromatic nitrogens is 2. The molecule has 16 heavy (non-hydrogen) atoms. The first kappa shape index (κ1) is 11.1. The summed E-state index contributed by atoms with van der Waals surface area (Å²) in [6.07, 6.45) is -4.80. The number of halogens is 3. The van der Waals surface area contributed by atoms with Crippen molar-refractivity contribution in [2.75, 3.05) is 5.73 Å². The van der Waals surface area contributed by atoms with Crippen LogP contribution in [0.25, 0.3) is 0 Å². The molecule has 1 aromatic rings. The summed E-state index contributed by atoms with van der Waals surface area (Å²) in [7, 11) is 0. The average Bonchev–Trinajstić information content (AvgIpc) is 2.15. The van der Waals surface area contributed by atoms with Crippen LogP contribution >= 0.6 is 0 Å². The van der Waals surface area contributed by atoms with Gasteiger partial charge in [-0.1, -0.05) is 0 Å². The van der Waals surface area contributed by atoms with Crippen molar-refractivity contribution in [1.82, 2.24) is 9.97 Å². The van der Waals surface area contributed by atoms with E-state index in [2.05, 4.69) is 9.97 Å². The Morgan fingerprint density at radius 2 is 2.12 bits per heavy atom. The van der Waals surface area contributed by atoms with E-state index >= 15 is 0 Å². The van der Waals surface area contributed by atoms with E-state index in [1.54, 1.807) is 0 Å². The second kappa shape index (κ2) is 3.58. The van der Waals surface area contributed by atoms with Crippen molar-refractivity contribution in [2.45, 2.75) is 25.1 Å². The van der Waals surface area contributed by atoms with E-state index in [9.17, 15) is 18.3 Å². The van der Waals surface area contributed by atoms with Crippen molar-refractivity contribution in [3.05, 3.63) is 17.5 Å². The first-order valence-corrected chi connectivity index (χ1v) is 4.74. The van der Waals surface area contributed by atoms with Crippen molar-refractivity contribution in [3.63, 3.8) is 0 Å². The van der Waals surface area contributed by atoms with Gasteiger partial charge in [0.15, 0.2) is 0 Å². The van der Waals surface area contributed by atoms with E-state index in [-0.39, 0.29) is 24.5 Å². The highest BCUT2D eigenvalue weighted by Gasteiger charge is 2.44. The lowest BCUT2D eigenvalue weighted by Gasteiger charge is -2.28. The van der Waals surface area contributed by atoms with Crippen molar-refractivity contribution in [2.24, 2.45) is 5.92 Å². The van der Waals surface area contributed by atoms with E-state index in [1.807, 2.05) is 0 Å². The summed E-state index contributed by atoms with van der Waals surface area (Å²) in [6.45, 7) is 0. The van der Waals surface area contributed by atoms with Crippen molar-refractivity contribution in [3.8, 4) is 0 Å². The topological polar surface area (TPSA) is 72.0 Å². The van der Waals surface area contributed by atoms with Gasteiger partial charge in [0.05, 0.1) is 17.7 Å². The second-order valence-electron chi connectivity index (χ2n) is 3.82. The van der Waals surface area contributed by atoms with Crippen LogP contribution in [0.3, 0.4) is 0 Å². The van der Waals surface area contributed by atoms with Gasteiger partial charge >= 0.3 is 6.18 Å². The maximum absolute atomic E-state index is 12.5. The van der Waals surface area contributed by atoms with Crippen molar-refractivity contribution >= 4 is 5.95 Å². The Balaban J connectivity index is 2.35. The molecule has 0 aromatic carbocycles. The molecule has 1 heterocycles. The van der Waals surface area contributed by atoms with Crippen molar-refractivity contribution in [1.29, 1.82) is 0 Å². The molecule has 7 heteroatoms. The number of fused-ring (bicyclic) bond motifs is 1. The van der Waals surface area contributed by atoms with Gasteiger partial charge in [0, 0.05) is 18.2 Å². The minimum atomic E-state index is -4.32. The van der Waals surface area contributed by atoms with Crippen LogP contribution in [0, 0.1) is 5.92 Å². The molecular formula is C9H10F3N3O. The lowest BCUT2D eigenvalue weighted by atomic mass is 9.85. The van der Waals surface area contributed by atoms with Gasteiger partial charge in [-0.25, -0.2) is 9.97 Å². The molecule has 0 amide bonds. The second-order valence-corrected chi connectivity index (χ2v) is 3.82. The summed E-state index contributed by atoms with van der Waals surface area (Å²) in [4.78, 5) is 7.39. The Hall–Kier alpha value is -1.37. The zero-order valence-corrected chi connectivity index (χ0v) is 8.20. The fourth-order valence-corrected chi connectivity index (χ4v) is 1.85. The molecule has 0 fully saturated rings. The summed E-state index contributed by atoms with van der Waals surface area (Å²) < 4.78 is 37.6. The highest BCUT2D eigenvalue weighted by Crippen LogP contribution is 2.40. The number of anilines is 1. The molecule has 3 N–H and O–H groups in total. The van der Waals surface area contributed by atoms with Gasteiger partial charge in [0.2, 0.25) is 5.95 Å². The van der Waals surface area contributed by atoms with Gasteiger partial charge in [-0.3, -0.25) is 0 Å². The number of rotatable bonds is 0. The fourth-order valence-electron chi connectivity index (χ4n) is 1.85. The molecule has 0 unspecified atom stereocenters. The quantitative estimate of drug-likeness (QED) is 0.706. The van der Waals surface area contributed by atoms with Crippen LogP contribution in [-0.2, 0) is 6.42 Å². The normalized spacial score (nSPS) is 25.2. The minimum absolute atomic E-state index is 0.0752. The maximum atomic E-state index is 12.5. The van der Waals surface area contributed by atoms with E-state index < -0.39 is 18.2 Å². The van der Waals surface area contributed by atoms with Gasteiger partial charge < -0.3 is 10.8 Å². The molecule has 0 bridgehead atoms. The maximum Gasteiger partial charge on any atom is 0.392 e. The molecule has 0 saturated carbocycles. The standard InChI is InChI=1S/C9H10F3N3O/c10-9(11,12)4-1-6-5(7(16)2-4)3-14-8(13)15-6/h3-4,7,16H,1-2H2,(H2,13,14,15)/t4-,7+/m0/s1.